The van der Waals surface area contributed by atoms with E-state index in [1.165, 1.54) is 12.3 Å². The van der Waals surface area contributed by atoms with Gasteiger partial charge in [0.1, 0.15) is 11.3 Å². The van der Waals surface area contributed by atoms with Crippen LogP contribution in [0.3, 0.4) is 0 Å². The number of carbonyl (C=O) groups is 1. The summed E-state index contributed by atoms with van der Waals surface area (Å²) in [5, 5.41) is 10.1. The third kappa shape index (κ3) is 2.96. The van der Waals surface area contributed by atoms with Crippen molar-refractivity contribution in [3.8, 4) is 5.75 Å². The summed E-state index contributed by atoms with van der Waals surface area (Å²) in [7, 11) is 0. The topological polar surface area (TPSA) is 89.6 Å². The number of hydrogen-bond donors (Lipinski definition) is 1. The average molecular weight is 337 g/mol. The molecule has 2 aromatic heterocycles. The third-order valence-corrected chi connectivity index (χ3v) is 2.30. The van der Waals surface area contributed by atoms with Crippen molar-refractivity contribution < 1.29 is 51.8 Å². The molecule has 0 atom stereocenters. The Morgan fingerprint density at radius 1 is 1.58 bits per heavy atom. The monoisotopic (exact) mass is 337 g/mol. The fourth-order valence-corrected chi connectivity index (χ4v) is 1.52. The predicted molar refractivity (Wildman–Crippen MR) is 62.4 cm³/mol. The molecule has 0 aliphatic heterocycles. The molecule has 0 unspecified atom stereocenters. The Bertz CT molecular complexity index is 680. The van der Waals surface area contributed by atoms with Crippen molar-refractivity contribution >= 4 is 16.9 Å². The smallest absolute Gasteiger partial charge is 0.354 e. The zero-order valence-electron chi connectivity index (χ0n) is 10.2. The Labute approximate surface area is 133 Å². The summed E-state index contributed by atoms with van der Waals surface area (Å²) in [5.41, 5.74) is -1.02. The summed E-state index contributed by atoms with van der Waals surface area (Å²) in [6.07, 6.45) is 1.26. The van der Waals surface area contributed by atoms with Crippen LogP contribution in [0.2, 0.25) is 0 Å². The van der Waals surface area contributed by atoms with Crippen LogP contribution in [0, 0.1) is 6.92 Å². The van der Waals surface area contributed by atoms with Gasteiger partial charge in [-0.15, -0.1) is 5.69 Å². The van der Waals surface area contributed by atoms with Gasteiger partial charge in [0.05, 0.1) is 12.8 Å². The Morgan fingerprint density at radius 3 is 2.89 bits per heavy atom. The van der Waals surface area contributed by atoms with E-state index in [2.05, 4.69) is 16.6 Å². The molecule has 0 aromatic carbocycles. The van der Waals surface area contributed by atoms with Gasteiger partial charge >= 0.3 is 11.6 Å². The van der Waals surface area contributed by atoms with E-state index in [-0.39, 0.29) is 50.3 Å². The summed E-state index contributed by atoms with van der Waals surface area (Å²) in [5.74, 6) is -1.40. The Balaban J connectivity index is 0.00000180. The molecule has 0 bridgehead atoms. The van der Waals surface area contributed by atoms with E-state index in [0.717, 1.165) is 0 Å². The summed E-state index contributed by atoms with van der Waals surface area (Å²) >= 11 is 0. The number of pyridine rings is 1. The van der Waals surface area contributed by atoms with Gasteiger partial charge in [-0.3, -0.25) is 4.98 Å². The number of hydrogen-bond acceptors (Lipinski definition) is 6. The first-order valence-corrected chi connectivity index (χ1v) is 5.19. The van der Waals surface area contributed by atoms with Crippen LogP contribution in [-0.4, -0.2) is 22.7 Å². The molecule has 0 spiro atoms. The normalized spacial score (nSPS) is 9.95. The maximum atomic E-state index is 11.6. The number of aromatic hydroxyl groups is 1. The fraction of sp³-hybridized carbons (Fsp3) is 0.167. The van der Waals surface area contributed by atoms with Crippen molar-refractivity contribution in [3.05, 3.63) is 40.9 Å². The number of carbonyl (C=O) groups excluding carboxylic acids is 1. The standard InChI is InChI=1S/C12H10NO5.Y/c1-3-17-11(15)9-10(14)7-4-6(2)13-5-8(7)18-12(9)16;/h4-5,14H,2-3H2,1H3;/q-1;. The van der Waals surface area contributed by atoms with Crippen molar-refractivity contribution in [1.29, 1.82) is 0 Å². The second kappa shape index (κ2) is 6.17. The zero-order valence-corrected chi connectivity index (χ0v) is 13.0. The van der Waals surface area contributed by atoms with Gasteiger partial charge in [-0.25, -0.2) is 16.5 Å². The Kier molecular flexibility index (Phi) is 5.08. The van der Waals surface area contributed by atoms with Crippen molar-refractivity contribution in [2.45, 2.75) is 6.92 Å². The Hall–Kier alpha value is -1.40. The molecule has 0 aliphatic rings. The first-order valence-electron chi connectivity index (χ1n) is 5.19. The van der Waals surface area contributed by atoms with E-state index >= 15 is 0 Å². The first-order chi connectivity index (χ1) is 8.54. The number of nitrogens with zero attached hydrogens (tertiary/aromatic N) is 1. The van der Waals surface area contributed by atoms with Gasteiger partial charge in [0.2, 0.25) is 0 Å². The molecule has 19 heavy (non-hydrogen) atoms. The van der Waals surface area contributed by atoms with Crippen molar-refractivity contribution in [2.75, 3.05) is 6.61 Å². The molecule has 1 N–H and O–H groups in total. The van der Waals surface area contributed by atoms with Crippen LogP contribution in [0.5, 0.6) is 5.75 Å². The minimum atomic E-state index is -0.961. The molecule has 0 saturated carbocycles. The van der Waals surface area contributed by atoms with Gasteiger partial charge in [-0.05, 0) is 12.3 Å². The van der Waals surface area contributed by atoms with Crippen LogP contribution in [-0.2, 0) is 37.4 Å². The van der Waals surface area contributed by atoms with Gasteiger partial charge in [-0.2, -0.15) is 6.07 Å². The quantitative estimate of drug-likeness (QED) is 0.655. The predicted octanol–water partition coefficient (Wildman–Crippen LogP) is 1.25. The number of fused-ring (bicyclic) bond motifs is 1. The molecule has 0 fully saturated rings. The van der Waals surface area contributed by atoms with Gasteiger partial charge in [0.15, 0.2) is 5.56 Å². The Morgan fingerprint density at radius 2 is 2.26 bits per heavy atom. The average Bonchev–Trinajstić information content (AvgIpc) is 2.31. The molecular weight excluding hydrogens is 327 g/mol. The number of rotatable bonds is 2. The summed E-state index contributed by atoms with van der Waals surface area (Å²) in [6, 6.07) is 1.41. The maximum absolute atomic E-state index is 11.6. The zero-order chi connectivity index (χ0) is 13.3. The van der Waals surface area contributed by atoms with Gasteiger partial charge in [-0.1, -0.05) is 0 Å². The molecule has 2 aromatic rings. The first kappa shape index (κ1) is 15.7. The van der Waals surface area contributed by atoms with E-state index in [1.54, 1.807) is 6.92 Å². The summed E-state index contributed by atoms with van der Waals surface area (Å²) in [6.45, 7) is 5.27. The van der Waals surface area contributed by atoms with Gasteiger partial charge in [0, 0.05) is 32.7 Å². The number of ether oxygens (including phenoxy) is 1. The van der Waals surface area contributed by atoms with Crippen LogP contribution >= 0.6 is 0 Å². The molecule has 1 radical (unpaired) electrons. The third-order valence-electron chi connectivity index (χ3n) is 2.30. The number of esters is 1. The van der Waals surface area contributed by atoms with E-state index < -0.39 is 22.9 Å². The van der Waals surface area contributed by atoms with Crippen LogP contribution < -0.4 is 5.63 Å². The minimum absolute atomic E-state index is 0. The largest absolute Gasteiger partial charge is 0.508 e. The van der Waals surface area contributed by atoms with E-state index in [0.29, 0.717) is 5.69 Å². The molecule has 0 aliphatic carbocycles. The molecule has 0 saturated heterocycles. The van der Waals surface area contributed by atoms with Crippen LogP contribution in [0.25, 0.3) is 11.0 Å². The second-order valence-corrected chi connectivity index (χ2v) is 3.51. The van der Waals surface area contributed by atoms with Gasteiger partial charge < -0.3 is 14.3 Å². The maximum Gasteiger partial charge on any atom is 0.354 e. The van der Waals surface area contributed by atoms with Crippen LogP contribution in [0.4, 0.5) is 0 Å². The van der Waals surface area contributed by atoms with Crippen molar-refractivity contribution in [3.63, 3.8) is 0 Å². The molecule has 0 amide bonds. The molecule has 6 nitrogen and oxygen atoms in total. The van der Waals surface area contributed by atoms with Crippen molar-refractivity contribution in [2.24, 2.45) is 0 Å². The van der Waals surface area contributed by atoms with E-state index in [1.807, 2.05) is 0 Å². The number of aromatic nitrogens is 1. The van der Waals surface area contributed by atoms with E-state index in [4.69, 9.17) is 4.42 Å². The molecule has 97 valence electrons. The second-order valence-electron chi connectivity index (χ2n) is 3.51. The molecule has 2 heterocycles. The molecule has 7 heteroatoms. The van der Waals surface area contributed by atoms with Crippen LogP contribution in [0.15, 0.2) is 21.5 Å². The summed E-state index contributed by atoms with van der Waals surface area (Å²) < 4.78 is 9.57. The van der Waals surface area contributed by atoms with Gasteiger partial charge in [0.25, 0.3) is 0 Å². The van der Waals surface area contributed by atoms with Crippen LogP contribution in [0.1, 0.15) is 23.0 Å². The summed E-state index contributed by atoms with van der Waals surface area (Å²) in [4.78, 5) is 27.0. The molecular formula is C12H10NO5Y-. The van der Waals surface area contributed by atoms with Crippen molar-refractivity contribution in [1.82, 2.24) is 4.98 Å². The SMILES string of the molecule is [CH2-]c1cc2c(O)c(C(=O)OCC)c(=O)oc2cn1.[Y]. The van der Waals surface area contributed by atoms with E-state index in [9.17, 15) is 14.7 Å². The fourth-order valence-electron chi connectivity index (χ4n) is 1.52. The molecule has 2 rings (SSSR count). The minimum Gasteiger partial charge on any atom is -0.508 e.